The Morgan fingerprint density at radius 1 is 1.57 bits per heavy atom. The van der Waals surface area contributed by atoms with Gasteiger partial charge in [0.1, 0.15) is 17.5 Å². The van der Waals surface area contributed by atoms with Crippen LogP contribution in [0.15, 0.2) is 22.7 Å². The highest BCUT2D eigenvalue weighted by molar-refractivity contribution is 6.28. The predicted octanol–water partition coefficient (Wildman–Crippen LogP) is 1.11. The molecule has 0 aliphatic heterocycles. The van der Waals surface area contributed by atoms with E-state index in [4.69, 9.17) is 21.8 Å². The van der Waals surface area contributed by atoms with Crippen LogP contribution in [-0.2, 0) is 7.05 Å². The third-order valence-electron chi connectivity index (χ3n) is 1.84. The molecule has 0 aliphatic rings. The smallest absolute Gasteiger partial charge is 0.193 e. The fourth-order valence-corrected chi connectivity index (χ4v) is 1.30. The maximum Gasteiger partial charge on any atom is 0.193 e. The molecule has 1 unspecified atom stereocenters. The quantitative estimate of drug-likeness (QED) is 0.810. The number of rotatable bonds is 2. The van der Waals surface area contributed by atoms with Gasteiger partial charge in [0.25, 0.3) is 0 Å². The first kappa shape index (κ1) is 9.23. The fraction of sp³-hybridized carbons (Fsp3) is 0.250. The van der Waals surface area contributed by atoms with E-state index in [1.165, 1.54) is 4.80 Å². The number of nitrogens with two attached hydrogens (primary N) is 1. The molecule has 0 saturated heterocycles. The lowest BCUT2D eigenvalue weighted by Crippen LogP contribution is -2.11. The van der Waals surface area contributed by atoms with Gasteiger partial charge in [0.2, 0.25) is 0 Å². The first-order valence-electron chi connectivity index (χ1n) is 4.04. The zero-order valence-electron chi connectivity index (χ0n) is 7.51. The Morgan fingerprint density at radius 2 is 2.36 bits per heavy atom. The molecule has 2 rings (SSSR count). The first-order valence-corrected chi connectivity index (χ1v) is 4.41. The van der Waals surface area contributed by atoms with Gasteiger partial charge in [-0.1, -0.05) is 0 Å². The van der Waals surface area contributed by atoms with Gasteiger partial charge in [-0.2, -0.15) is 15.0 Å². The lowest BCUT2D eigenvalue weighted by Gasteiger charge is -2.02. The summed E-state index contributed by atoms with van der Waals surface area (Å²) in [6.45, 7) is 0. The Balaban J connectivity index is 2.28. The Kier molecular flexibility index (Phi) is 2.26. The molecule has 0 aromatic carbocycles. The molecule has 0 radical (unpaired) electrons. The van der Waals surface area contributed by atoms with E-state index in [1.807, 2.05) is 0 Å². The third-order valence-corrected chi connectivity index (χ3v) is 2.04. The van der Waals surface area contributed by atoms with E-state index in [0.29, 0.717) is 16.7 Å². The number of nitrogens with zero attached hydrogens (tertiary/aromatic N) is 3. The van der Waals surface area contributed by atoms with Crippen molar-refractivity contribution in [2.24, 2.45) is 12.8 Å². The van der Waals surface area contributed by atoms with Crippen molar-refractivity contribution < 1.29 is 4.42 Å². The van der Waals surface area contributed by atoms with E-state index in [2.05, 4.69) is 10.2 Å². The van der Waals surface area contributed by atoms with Crippen LogP contribution in [0.5, 0.6) is 0 Å². The monoisotopic (exact) mass is 212 g/mol. The summed E-state index contributed by atoms with van der Waals surface area (Å²) in [5, 5.41) is 8.31. The topological polar surface area (TPSA) is 69.9 Å². The molecule has 2 N–H and O–H groups in total. The summed E-state index contributed by atoms with van der Waals surface area (Å²) in [5.74, 6) is 0.579. The van der Waals surface area contributed by atoms with Crippen LogP contribution in [0.25, 0.3) is 0 Å². The molecule has 6 heteroatoms. The normalized spacial score (nSPS) is 13.1. The van der Waals surface area contributed by atoms with Gasteiger partial charge in [-0.15, -0.1) is 0 Å². The summed E-state index contributed by atoms with van der Waals surface area (Å²) in [6.07, 6.45) is 1.60. The molecule has 0 aliphatic carbocycles. The highest BCUT2D eigenvalue weighted by atomic mass is 35.5. The van der Waals surface area contributed by atoms with Crippen LogP contribution in [0, 0.1) is 0 Å². The van der Waals surface area contributed by atoms with E-state index in [9.17, 15) is 0 Å². The summed E-state index contributed by atoms with van der Waals surface area (Å²) in [4.78, 5) is 1.44. The molecule has 2 aromatic heterocycles. The van der Waals surface area contributed by atoms with Crippen LogP contribution in [-0.4, -0.2) is 15.0 Å². The van der Waals surface area contributed by atoms with Crippen molar-refractivity contribution in [2.75, 3.05) is 0 Å². The lowest BCUT2D eigenvalue weighted by atomic mass is 10.2. The molecule has 0 spiro atoms. The summed E-state index contributed by atoms with van der Waals surface area (Å²) in [6, 6.07) is 2.95. The standard InChI is InChI=1S/C8H9ClN4O/c1-13-11-4-5(12-13)8(10)6-2-3-7(9)14-6/h2-4,8H,10H2,1H3. The second kappa shape index (κ2) is 3.43. The maximum atomic E-state index is 5.87. The Morgan fingerprint density at radius 3 is 2.86 bits per heavy atom. The van der Waals surface area contributed by atoms with Crippen molar-refractivity contribution in [3.8, 4) is 0 Å². The van der Waals surface area contributed by atoms with Crippen molar-refractivity contribution in [2.45, 2.75) is 6.04 Å². The van der Waals surface area contributed by atoms with Crippen molar-refractivity contribution in [3.63, 3.8) is 0 Å². The van der Waals surface area contributed by atoms with Gasteiger partial charge >= 0.3 is 0 Å². The minimum atomic E-state index is -0.420. The molecule has 0 bridgehead atoms. The van der Waals surface area contributed by atoms with Gasteiger partial charge in [-0.05, 0) is 23.7 Å². The van der Waals surface area contributed by atoms with E-state index in [0.717, 1.165) is 0 Å². The summed E-state index contributed by atoms with van der Waals surface area (Å²) < 4.78 is 5.17. The minimum absolute atomic E-state index is 0.319. The average Bonchev–Trinajstić information content (AvgIpc) is 2.73. The average molecular weight is 213 g/mol. The Bertz CT molecular complexity index is 396. The molecule has 5 nitrogen and oxygen atoms in total. The van der Waals surface area contributed by atoms with Crippen molar-refractivity contribution in [1.29, 1.82) is 0 Å². The van der Waals surface area contributed by atoms with E-state index in [1.54, 1.807) is 25.4 Å². The van der Waals surface area contributed by atoms with Gasteiger partial charge in [0.05, 0.1) is 6.20 Å². The SMILES string of the molecule is Cn1ncc(C(N)c2ccc(Cl)o2)n1. The Labute approximate surface area is 85.5 Å². The predicted molar refractivity (Wildman–Crippen MR) is 50.8 cm³/mol. The van der Waals surface area contributed by atoms with E-state index >= 15 is 0 Å². The van der Waals surface area contributed by atoms with E-state index in [-0.39, 0.29) is 0 Å². The van der Waals surface area contributed by atoms with Gasteiger partial charge in [0.15, 0.2) is 5.22 Å². The van der Waals surface area contributed by atoms with Gasteiger partial charge in [-0.25, -0.2) is 0 Å². The molecular formula is C8H9ClN4O. The summed E-state index contributed by atoms with van der Waals surface area (Å²) >= 11 is 5.63. The largest absolute Gasteiger partial charge is 0.448 e. The second-order valence-corrected chi connectivity index (χ2v) is 3.25. The summed E-state index contributed by atoms with van der Waals surface area (Å²) in [7, 11) is 1.73. The highest BCUT2D eigenvalue weighted by Crippen LogP contribution is 2.21. The molecule has 2 heterocycles. The number of hydrogen-bond donors (Lipinski definition) is 1. The zero-order chi connectivity index (χ0) is 10.1. The van der Waals surface area contributed by atoms with Crippen LogP contribution in [0.3, 0.4) is 0 Å². The Hall–Kier alpha value is -1.33. The molecule has 0 amide bonds. The molecule has 0 fully saturated rings. The zero-order valence-corrected chi connectivity index (χ0v) is 8.27. The molecule has 2 aromatic rings. The number of aryl methyl sites for hydroxylation is 1. The van der Waals surface area contributed by atoms with Crippen LogP contribution >= 0.6 is 11.6 Å². The molecule has 74 valence electrons. The molecule has 14 heavy (non-hydrogen) atoms. The van der Waals surface area contributed by atoms with Gasteiger partial charge in [0, 0.05) is 7.05 Å². The summed E-state index contributed by atoms with van der Waals surface area (Å²) in [5.41, 5.74) is 6.53. The van der Waals surface area contributed by atoms with Crippen molar-refractivity contribution in [1.82, 2.24) is 15.0 Å². The molecule has 0 saturated carbocycles. The first-order chi connectivity index (χ1) is 6.66. The van der Waals surface area contributed by atoms with Crippen LogP contribution in [0.4, 0.5) is 0 Å². The van der Waals surface area contributed by atoms with Crippen molar-refractivity contribution >= 4 is 11.6 Å². The van der Waals surface area contributed by atoms with Crippen LogP contribution < -0.4 is 5.73 Å². The second-order valence-electron chi connectivity index (χ2n) is 2.88. The molecular weight excluding hydrogens is 204 g/mol. The number of furan rings is 1. The van der Waals surface area contributed by atoms with Crippen LogP contribution in [0.2, 0.25) is 5.22 Å². The number of hydrogen-bond acceptors (Lipinski definition) is 4. The molecule has 1 atom stereocenters. The van der Waals surface area contributed by atoms with Gasteiger partial charge < -0.3 is 10.2 Å². The minimum Gasteiger partial charge on any atom is -0.448 e. The maximum absolute atomic E-state index is 5.87. The number of halogens is 1. The fourth-order valence-electron chi connectivity index (χ4n) is 1.15. The van der Waals surface area contributed by atoms with Gasteiger partial charge in [-0.3, -0.25) is 0 Å². The number of aromatic nitrogens is 3. The third kappa shape index (κ3) is 1.64. The van der Waals surface area contributed by atoms with E-state index < -0.39 is 6.04 Å². The lowest BCUT2D eigenvalue weighted by molar-refractivity contribution is 0.485. The highest BCUT2D eigenvalue weighted by Gasteiger charge is 2.15. The van der Waals surface area contributed by atoms with Crippen molar-refractivity contribution in [3.05, 3.63) is 35.0 Å². The van der Waals surface area contributed by atoms with Crippen LogP contribution in [0.1, 0.15) is 17.5 Å².